The van der Waals surface area contributed by atoms with Crippen molar-refractivity contribution in [1.82, 2.24) is 19.5 Å². The number of nitrogens with two attached hydrogens (primary N) is 1. The number of pyridine rings is 1. The van der Waals surface area contributed by atoms with E-state index in [-0.39, 0.29) is 5.95 Å². The number of anilines is 1. The maximum atomic E-state index is 10.8. The van der Waals surface area contributed by atoms with E-state index in [0.717, 1.165) is 16.5 Å². The van der Waals surface area contributed by atoms with Crippen molar-refractivity contribution < 1.29 is 10.2 Å². The molecule has 4 rings (SSSR count). The summed E-state index contributed by atoms with van der Waals surface area (Å²) in [6.45, 7) is 5.53. The molecule has 162 valence electrons. The van der Waals surface area contributed by atoms with Crippen LogP contribution in [0.15, 0.2) is 61.1 Å². The van der Waals surface area contributed by atoms with E-state index in [1.807, 2.05) is 47.2 Å². The first-order valence-corrected chi connectivity index (χ1v) is 10.2. The zero-order chi connectivity index (χ0) is 22.9. The van der Waals surface area contributed by atoms with Crippen LogP contribution in [0.4, 0.5) is 5.95 Å². The Hall–Kier alpha value is -3.73. The molecular formula is C25H25N5O2. The fourth-order valence-corrected chi connectivity index (χ4v) is 3.55. The Labute approximate surface area is 186 Å². The molecule has 0 aliphatic heterocycles. The first-order chi connectivity index (χ1) is 15.1. The van der Waals surface area contributed by atoms with E-state index in [0.29, 0.717) is 23.5 Å². The highest BCUT2D eigenvalue weighted by Crippen LogP contribution is 2.31. The zero-order valence-electron chi connectivity index (χ0n) is 18.2. The van der Waals surface area contributed by atoms with Gasteiger partial charge in [-0.3, -0.25) is 0 Å². The van der Waals surface area contributed by atoms with E-state index in [9.17, 15) is 10.2 Å². The fraction of sp³-hybridized carbons (Fsp3) is 0.240. The van der Waals surface area contributed by atoms with Gasteiger partial charge in [0.05, 0.1) is 29.6 Å². The highest BCUT2D eigenvalue weighted by atomic mass is 16.3. The summed E-state index contributed by atoms with van der Waals surface area (Å²) in [6.07, 6.45) is 5.25. The van der Waals surface area contributed by atoms with Gasteiger partial charge in [-0.25, -0.2) is 15.0 Å². The molecule has 7 heteroatoms. The number of aromatic nitrogens is 4. The lowest BCUT2D eigenvalue weighted by molar-refractivity contribution is 0.0628. The van der Waals surface area contributed by atoms with E-state index in [1.54, 1.807) is 39.2 Å². The van der Waals surface area contributed by atoms with Gasteiger partial charge in [-0.05, 0) is 44.4 Å². The number of benzene rings is 1. The molecule has 0 amide bonds. The lowest BCUT2D eigenvalue weighted by Crippen LogP contribution is -2.25. The highest BCUT2D eigenvalue weighted by Gasteiger charge is 2.20. The Kier molecular flexibility index (Phi) is 5.43. The molecule has 32 heavy (non-hydrogen) atoms. The molecule has 4 N–H and O–H groups in total. The van der Waals surface area contributed by atoms with Crippen molar-refractivity contribution in [2.45, 2.75) is 38.5 Å². The molecule has 1 unspecified atom stereocenters. The van der Waals surface area contributed by atoms with Gasteiger partial charge in [0.25, 0.3) is 0 Å². The van der Waals surface area contributed by atoms with Crippen molar-refractivity contribution in [1.29, 1.82) is 0 Å². The Morgan fingerprint density at radius 3 is 2.50 bits per heavy atom. The second kappa shape index (κ2) is 8.08. The summed E-state index contributed by atoms with van der Waals surface area (Å²) in [4.78, 5) is 12.8. The number of nitrogens with zero attached hydrogens (tertiary/aromatic N) is 4. The summed E-state index contributed by atoms with van der Waals surface area (Å²) in [5.41, 5.74) is 7.12. The third-order valence-electron chi connectivity index (χ3n) is 5.04. The van der Waals surface area contributed by atoms with Crippen molar-refractivity contribution in [2.24, 2.45) is 0 Å². The standard InChI is InChI=1S/C25H25N5O2/c1-24(2,31)16-30-15-20(21-10-12-27-23(26)29-21)19-13-18(28-14-22(19)30)9-11-25(3,32)17-7-5-4-6-8-17/h4-8,10,12-15,31-32H,16H2,1-3H3,(H2,26,27,29). The average molecular weight is 428 g/mol. The minimum Gasteiger partial charge on any atom is -0.389 e. The molecule has 0 aliphatic rings. The smallest absolute Gasteiger partial charge is 0.220 e. The fourth-order valence-electron chi connectivity index (χ4n) is 3.55. The molecule has 3 heterocycles. The van der Waals surface area contributed by atoms with Crippen LogP contribution in [0.2, 0.25) is 0 Å². The molecule has 0 saturated carbocycles. The number of hydrogen-bond acceptors (Lipinski definition) is 6. The average Bonchev–Trinajstić information content (AvgIpc) is 3.09. The van der Waals surface area contributed by atoms with Crippen LogP contribution < -0.4 is 5.73 Å². The monoisotopic (exact) mass is 427 g/mol. The van der Waals surface area contributed by atoms with Crippen LogP contribution in [0.5, 0.6) is 0 Å². The molecule has 0 fully saturated rings. The predicted octanol–water partition coefficient (Wildman–Crippen LogP) is 3.11. The number of aliphatic hydroxyl groups is 2. The highest BCUT2D eigenvalue weighted by molar-refractivity contribution is 5.95. The number of hydrogen-bond donors (Lipinski definition) is 3. The second-order valence-corrected chi connectivity index (χ2v) is 8.56. The number of fused-ring (bicyclic) bond motifs is 1. The first kappa shape index (κ1) is 21.5. The van der Waals surface area contributed by atoms with Crippen LogP contribution in [0.3, 0.4) is 0 Å². The van der Waals surface area contributed by atoms with Crippen molar-refractivity contribution in [3.8, 4) is 23.1 Å². The Balaban J connectivity index is 1.82. The van der Waals surface area contributed by atoms with Gasteiger partial charge < -0.3 is 20.5 Å². The van der Waals surface area contributed by atoms with E-state index in [1.165, 1.54) is 0 Å². The maximum Gasteiger partial charge on any atom is 0.220 e. The van der Waals surface area contributed by atoms with Crippen LogP contribution >= 0.6 is 0 Å². The predicted molar refractivity (Wildman–Crippen MR) is 124 cm³/mol. The van der Waals surface area contributed by atoms with Crippen LogP contribution in [-0.2, 0) is 12.1 Å². The molecule has 7 nitrogen and oxygen atoms in total. The molecule has 0 saturated heterocycles. The number of nitrogen functional groups attached to an aromatic ring is 1. The van der Waals surface area contributed by atoms with Crippen LogP contribution in [0.25, 0.3) is 22.2 Å². The van der Waals surface area contributed by atoms with Gasteiger partial charge in [-0.1, -0.05) is 36.3 Å². The zero-order valence-corrected chi connectivity index (χ0v) is 18.2. The molecule has 0 aliphatic carbocycles. The molecule has 1 atom stereocenters. The summed E-state index contributed by atoms with van der Waals surface area (Å²) in [7, 11) is 0. The van der Waals surface area contributed by atoms with Gasteiger partial charge >= 0.3 is 0 Å². The SMILES string of the molecule is CC(C)(O)Cn1cc(-c2ccnc(N)n2)c2cc(C#CC(C)(O)c3ccccc3)ncc21. The van der Waals surface area contributed by atoms with Gasteiger partial charge in [0.2, 0.25) is 5.95 Å². The number of rotatable bonds is 4. The van der Waals surface area contributed by atoms with E-state index in [2.05, 4.69) is 26.8 Å². The molecule has 4 aromatic rings. The van der Waals surface area contributed by atoms with Gasteiger partial charge in [0.15, 0.2) is 0 Å². The Morgan fingerprint density at radius 2 is 1.81 bits per heavy atom. The van der Waals surface area contributed by atoms with Gasteiger partial charge in [0, 0.05) is 23.3 Å². The summed E-state index contributed by atoms with van der Waals surface area (Å²) >= 11 is 0. The van der Waals surface area contributed by atoms with Crippen LogP contribution in [0.1, 0.15) is 32.0 Å². The maximum absolute atomic E-state index is 10.8. The second-order valence-electron chi connectivity index (χ2n) is 8.56. The molecular weight excluding hydrogens is 402 g/mol. The third-order valence-corrected chi connectivity index (χ3v) is 5.04. The summed E-state index contributed by atoms with van der Waals surface area (Å²) in [5.74, 6) is 6.10. The Morgan fingerprint density at radius 1 is 1.06 bits per heavy atom. The van der Waals surface area contributed by atoms with Crippen LogP contribution in [-0.4, -0.2) is 35.3 Å². The minimum atomic E-state index is -1.31. The molecule has 0 bridgehead atoms. The Bertz CT molecular complexity index is 1330. The summed E-state index contributed by atoms with van der Waals surface area (Å²) in [5, 5.41) is 22.0. The molecule has 0 radical (unpaired) electrons. The van der Waals surface area contributed by atoms with Crippen molar-refractivity contribution in [2.75, 3.05) is 5.73 Å². The molecule has 1 aromatic carbocycles. The summed E-state index contributed by atoms with van der Waals surface area (Å²) < 4.78 is 1.94. The minimum absolute atomic E-state index is 0.180. The van der Waals surface area contributed by atoms with Crippen molar-refractivity contribution in [3.05, 3.63) is 72.3 Å². The normalized spacial score (nSPS) is 13.4. The largest absolute Gasteiger partial charge is 0.389 e. The summed E-state index contributed by atoms with van der Waals surface area (Å²) in [6, 6.07) is 12.9. The lowest BCUT2D eigenvalue weighted by atomic mass is 9.97. The van der Waals surface area contributed by atoms with E-state index in [4.69, 9.17) is 5.73 Å². The van der Waals surface area contributed by atoms with E-state index >= 15 is 0 Å². The molecule has 0 spiro atoms. The lowest BCUT2D eigenvalue weighted by Gasteiger charge is -2.18. The first-order valence-electron chi connectivity index (χ1n) is 10.2. The topological polar surface area (TPSA) is 110 Å². The van der Waals surface area contributed by atoms with Gasteiger partial charge in [-0.2, -0.15) is 0 Å². The molecule has 3 aromatic heterocycles. The van der Waals surface area contributed by atoms with Crippen LogP contribution in [0, 0.1) is 11.8 Å². The van der Waals surface area contributed by atoms with Crippen molar-refractivity contribution >= 4 is 16.9 Å². The van der Waals surface area contributed by atoms with E-state index < -0.39 is 11.2 Å². The van der Waals surface area contributed by atoms with Gasteiger partial charge in [-0.15, -0.1) is 0 Å². The third kappa shape index (κ3) is 4.62. The van der Waals surface area contributed by atoms with Crippen molar-refractivity contribution in [3.63, 3.8) is 0 Å². The quantitative estimate of drug-likeness (QED) is 0.432. The van der Waals surface area contributed by atoms with Gasteiger partial charge in [0.1, 0.15) is 11.3 Å².